The Morgan fingerprint density at radius 3 is 2.00 bits per heavy atom. The third-order valence-electron chi connectivity index (χ3n) is 2.15. The molecule has 78 valence electrons. The van der Waals surface area contributed by atoms with E-state index in [1.165, 1.54) is 28.1 Å². The predicted molar refractivity (Wildman–Crippen MR) is 45.2 cm³/mol. The Bertz CT molecular complexity index is 173. The fraction of sp³-hybridized carbons (Fsp3) is 0.875. The van der Waals surface area contributed by atoms with Gasteiger partial charge in [0.25, 0.3) is 0 Å². The molecule has 0 aromatic rings. The highest BCUT2D eigenvalue weighted by Crippen LogP contribution is 2.23. The summed E-state index contributed by atoms with van der Waals surface area (Å²) in [5, 5.41) is 18.5. The first-order valence-electron chi connectivity index (χ1n) is 3.88. The number of carboxylic acids is 1. The van der Waals surface area contributed by atoms with Crippen molar-refractivity contribution in [2.75, 3.05) is 14.2 Å². The smallest absolute Gasteiger partial charge is 0.309 e. The van der Waals surface area contributed by atoms with Gasteiger partial charge in [0.15, 0.2) is 6.29 Å². The summed E-state index contributed by atoms with van der Waals surface area (Å²) in [5.74, 6) is -2.05. The van der Waals surface area contributed by atoms with Gasteiger partial charge in [-0.25, -0.2) is 0 Å². The van der Waals surface area contributed by atoms with E-state index in [1.54, 1.807) is 0 Å². The van der Waals surface area contributed by atoms with Crippen molar-refractivity contribution >= 4 is 5.97 Å². The molecular formula is C8H16O5. The van der Waals surface area contributed by atoms with E-state index in [9.17, 15) is 9.90 Å². The number of hydrogen-bond acceptors (Lipinski definition) is 4. The summed E-state index contributed by atoms with van der Waals surface area (Å²) in [4.78, 5) is 10.6. The summed E-state index contributed by atoms with van der Waals surface area (Å²) < 4.78 is 9.60. The Morgan fingerprint density at radius 2 is 1.77 bits per heavy atom. The van der Waals surface area contributed by atoms with Crippen LogP contribution in [-0.2, 0) is 14.3 Å². The molecule has 5 heteroatoms. The van der Waals surface area contributed by atoms with Gasteiger partial charge in [0.05, 0.1) is 5.92 Å². The molecule has 0 aromatic heterocycles. The topological polar surface area (TPSA) is 76.0 Å². The number of aliphatic carboxylic acids is 1. The van der Waals surface area contributed by atoms with Crippen LogP contribution in [-0.4, -0.2) is 42.3 Å². The second-order valence-electron chi connectivity index (χ2n) is 3.09. The fourth-order valence-corrected chi connectivity index (χ4v) is 1.03. The molecule has 0 aliphatic carbocycles. The number of rotatable bonds is 5. The highest BCUT2D eigenvalue weighted by molar-refractivity contribution is 5.71. The van der Waals surface area contributed by atoms with Gasteiger partial charge >= 0.3 is 5.97 Å². The summed E-state index contributed by atoms with van der Waals surface area (Å²) in [5.41, 5.74) is -1.55. The van der Waals surface area contributed by atoms with Crippen LogP contribution < -0.4 is 0 Å². The Morgan fingerprint density at radius 1 is 1.38 bits per heavy atom. The van der Waals surface area contributed by atoms with E-state index in [0.717, 1.165) is 0 Å². The summed E-state index contributed by atoms with van der Waals surface area (Å²) in [6.07, 6.45) is -0.946. The maximum atomic E-state index is 10.6. The van der Waals surface area contributed by atoms with Crippen molar-refractivity contribution in [1.82, 2.24) is 0 Å². The third kappa shape index (κ3) is 2.65. The highest BCUT2D eigenvalue weighted by Gasteiger charge is 2.41. The average Bonchev–Trinajstić information content (AvgIpc) is 2.04. The molecule has 0 aliphatic rings. The summed E-state index contributed by atoms with van der Waals surface area (Å²) in [7, 11) is 2.69. The molecule has 0 saturated heterocycles. The van der Waals surface area contributed by atoms with Gasteiger partial charge < -0.3 is 19.7 Å². The number of carbonyl (C=O) groups is 1. The van der Waals surface area contributed by atoms with Gasteiger partial charge in [0.1, 0.15) is 5.60 Å². The van der Waals surface area contributed by atoms with Crippen LogP contribution in [0.5, 0.6) is 0 Å². The van der Waals surface area contributed by atoms with Gasteiger partial charge in [0.2, 0.25) is 0 Å². The molecule has 2 unspecified atom stereocenters. The minimum absolute atomic E-state index is 0.946. The van der Waals surface area contributed by atoms with E-state index >= 15 is 0 Å². The van der Waals surface area contributed by atoms with E-state index in [2.05, 4.69) is 0 Å². The van der Waals surface area contributed by atoms with Gasteiger partial charge in [-0.2, -0.15) is 0 Å². The third-order valence-corrected chi connectivity index (χ3v) is 2.15. The van der Waals surface area contributed by atoms with Gasteiger partial charge in [-0.3, -0.25) is 4.79 Å². The van der Waals surface area contributed by atoms with E-state index in [4.69, 9.17) is 14.6 Å². The van der Waals surface area contributed by atoms with Crippen molar-refractivity contribution < 1.29 is 24.5 Å². The van der Waals surface area contributed by atoms with Crippen LogP contribution in [0.2, 0.25) is 0 Å². The monoisotopic (exact) mass is 192 g/mol. The molecular weight excluding hydrogens is 176 g/mol. The van der Waals surface area contributed by atoms with Gasteiger partial charge in [0, 0.05) is 14.2 Å². The lowest BCUT2D eigenvalue weighted by molar-refractivity contribution is -0.227. The first-order valence-corrected chi connectivity index (χ1v) is 3.88. The maximum absolute atomic E-state index is 10.6. The molecule has 0 heterocycles. The minimum atomic E-state index is -1.55. The second-order valence-corrected chi connectivity index (χ2v) is 3.09. The quantitative estimate of drug-likeness (QED) is 0.603. The predicted octanol–water partition coefficient (Wildman–Crippen LogP) is 0.0770. The zero-order valence-corrected chi connectivity index (χ0v) is 8.27. The summed E-state index contributed by atoms with van der Waals surface area (Å²) in [6, 6.07) is 0. The van der Waals surface area contributed by atoms with E-state index in [-0.39, 0.29) is 0 Å². The van der Waals surface area contributed by atoms with Crippen LogP contribution in [0, 0.1) is 5.92 Å². The van der Waals surface area contributed by atoms with Crippen LogP contribution in [0.3, 0.4) is 0 Å². The van der Waals surface area contributed by atoms with Crippen molar-refractivity contribution in [3.8, 4) is 0 Å². The van der Waals surface area contributed by atoms with Crippen molar-refractivity contribution in [3.05, 3.63) is 0 Å². The lowest BCUT2D eigenvalue weighted by Crippen LogP contribution is -2.49. The molecule has 0 bridgehead atoms. The lowest BCUT2D eigenvalue weighted by Gasteiger charge is -2.33. The number of ether oxygens (including phenoxy) is 2. The van der Waals surface area contributed by atoms with Gasteiger partial charge in [-0.1, -0.05) is 0 Å². The number of hydrogen-bond donors (Lipinski definition) is 2. The Labute approximate surface area is 77.3 Å². The van der Waals surface area contributed by atoms with Crippen LogP contribution in [0.4, 0.5) is 0 Å². The summed E-state index contributed by atoms with van der Waals surface area (Å²) >= 11 is 0. The highest BCUT2D eigenvalue weighted by atomic mass is 16.7. The normalized spacial score (nSPS) is 18.3. The molecule has 0 aliphatic heterocycles. The van der Waals surface area contributed by atoms with E-state index in [1.807, 2.05) is 0 Å². The zero-order valence-electron chi connectivity index (χ0n) is 8.27. The number of carboxylic acid groups (broad SMARTS) is 1. The Kier molecular flexibility index (Phi) is 4.32. The molecule has 13 heavy (non-hydrogen) atoms. The van der Waals surface area contributed by atoms with Gasteiger partial charge in [-0.15, -0.1) is 0 Å². The summed E-state index contributed by atoms with van der Waals surface area (Å²) in [6.45, 7) is 2.76. The lowest BCUT2D eigenvalue weighted by atomic mass is 9.90. The second kappa shape index (κ2) is 4.55. The van der Waals surface area contributed by atoms with E-state index in [0.29, 0.717) is 0 Å². The maximum Gasteiger partial charge on any atom is 0.309 e. The SMILES string of the molecule is COC(OC)C(C)(O)C(C)C(=O)O. The van der Waals surface area contributed by atoms with Crippen molar-refractivity contribution in [1.29, 1.82) is 0 Å². The van der Waals surface area contributed by atoms with Crippen LogP contribution >= 0.6 is 0 Å². The fourth-order valence-electron chi connectivity index (χ4n) is 1.03. The van der Waals surface area contributed by atoms with Gasteiger partial charge in [-0.05, 0) is 13.8 Å². The van der Waals surface area contributed by atoms with Crippen molar-refractivity contribution in [2.24, 2.45) is 5.92 Å². The molecule has 0 fully saturated rings. The van der Waals surface area contributed by atoms with Crippen molar-refractivity contribution in [2.45, 2.75) is 25.7 Å². The molecule has 0 aromatic carbocycles. The average molecular weight is 192 g/mol. The Hall–Kier alpha value is -0.650. The molecule has 2 atom stereocenters. The molecule has 0 radical (unpaired) electrons. The largest absolute Gasteiger partial charge is 0.481 e. The molecule has 0 saturated carbocycles. The standard InChI is InChI=1S/C8H16O5/c1-5(6(9)10)8(2,11)7(12-3)13-4/h5,7,11H,1-4H3,(H,9,10). The minimum Gasteiger partial charge on any atom is -0.481 e. The van der Waals surface area contributed by atoms with Crippen LogP contribution in [0.15, 0.2) is 0 Å². The number of methoxy groups -OCH3 is 2. The zero-order chi connectivity index (χ0) is 10.6. The molecule has 0 spiro atoms. The Balaban J connectivity index is 4.60. The molecule has 0 amide bonds. The first kappa shape index (κ1) is 12.3. The van der Waals surface area contributed by atoms with Crippen LogP contribution in [0.1, 0.15) is 13.8 Å². The first-order chi connectivity index (χ1) is 5.87. The molecule has 2 N–H and O–H groups in total. The number of aliphatic hydroxyl groups is 1. The molecule has 5 nitrogen and oxygen atoms in total. The van der Waals surface area contributed by atoms with Crippen molar-refractivity contribution in [3.63, 3.8) is 0 Å². The molecule has 0 rings (SSSR count). The van der Waals surface area contributed by atoms with Crippen LogP contribution in [0.25, 0.3) is 0 Å². The van der Waals surface area contributed by atoms with E-state index < -0.39 is 23.8 Å².